The Bertz CT molecular complexity index is 898. The molecule has 0 saturated heterocycles. The third-order valence-corrected chi connectivity index (χ3v) is 4.40. The van der Waals surface area contributed by atoms with E-state index in [0.717, 1.165) is 33.4 Å². The van der Waals surface area contributed by atoms with E-state index in [9.17, 15) is 0 Å². The van der Waals surface area contributed by atoms with Crippen molar-refractivity contribution in [3.8, 4) is 22.4 Å². The van der Waals surface area contributed by atoms with Crippen molar-refractivity contribution in [1.29, 1.82) is 0 Å². The van der Waals surface area contributed by atoms with Gasteiger partial charge in [-0.1, -0.05) is 65.8 Å². The maximum absolute atomic E-state index is 5.99. The van der Waals surface area contributed by atoms with Crippen LogP contribution in [0.25, 0.3) is 22.4 Å². The zero-order valence-electron chi connectivity index (χ0n) is 13.1. The van der Waals surface area contributed by atoms with E-state index in [0.29, 0.717) is 5.02 Å². The van der Waals surface area contributed by atoms with Crippen LogP contribution in [-0.4, -0.2) is 9.78 Å². The van der Waals surface area contributed by atoms with Gasteiger partial charge in [-0.25, -0.2) is 0 Å². The average Bonchev–Trinajstić information content (AvgIpc) is 2.56. The average molecular weight is 341 g/mol. The van der Waals surface area contributed by atoms with E-state index >= 15 is 0 Å². The van der Waals surface area contributed by atoms with Gasteiger partial charge in [0, 0.05) is 28.9 Å². The van der Waals surface area contributed by atoms with E-state index in [2.05, 4.69) is 43.2 Å². The highest BCUT2D eigenvalue weighted by molar-refractivity contribution is 7.71. The number of aryl methyl sites for hydroxylation is 2. The van der Waals surface area contributed by atoms with Gasteiger partial charge in [0.05, 0.1) is 4.51 Å². The minimum absolute atomic E-state index is 0.706. The van der Waals surface area contributed by atoms with Crippen LogP contribution in [0, 0.1) is 11.4 Å². The number of aromatic nitrogens is 2. The molecule has 0 aliphatic rings. The highest BCUT2D eigenvalue weighted by Crippen LogP contribution is 2.28. The SMILES string of the molecule is CCn1cc(-c2cccc(C)c2)c(=S)c(-c2ccc(Cl)cc2)n1. The molecule has 116 valence electrons. The van der Waals surface area contributed by atoms with Crippen LogP contribution in [-0.2, 0) is 6.54 Å². The monoisotopic (exact) mass is 340 g/mol. The molecule has 3 rings (SSSR count). The predicted molar refractivity (Wildman–Crippen MR) is 99.4 cm³/mol. The van der Waals surface area contributed by atoms with Crippen molar-refractivity contribution < 1.29 is 0 Å². The summed E-state index contributed by atoms with van der Waals surface area (Å²) >= 11 is 11.7. The molecule has 0 atom stereocenters. The fourth-order valence-corrected chi connectivity index (χ4v) is 2.97. The molecular formula is C19H17ClN2S. The summed E-state index contributed by atoms with van der Waals surface area (Å²) in [5.74, 6) is 0. The van der Waals surface area contributed by atoms with Crippen LogP contribution in [0.4, 0.5) is 0 Å². The number of halogens is 1. The molecule has 0 spiro atoms. The number of rotatable bonds is 3. The first-order valence-electron chi connectivity index (χ1n) is 7.53. The Kier molecular flexibility index (Phi) is 4.60. The van der Waals surface area contributed by atoms with E-state index < -0.39 is 0 Å². The van der Waals surface area contributed by atoms with Crippen molar-refractivity contribution >= 4 is 23.8 Å². The van der Waals surface area contributed by atoms with Crippen LogP contribution in [0.1, 0.15) is 12.5 Å². The largest absolute Gasteiger partial charge is 0.272 e. The minimum atomic E-state index is 0.706. The Morgan fingerprint density at radius 2 is 1.83 bits per heavy atom. The molecular weight excluding hydrogens is 324 g/mol. The molecule has 0 saturated carbocycles. The Hall–Kier alpha value is -1.97. The molecule has 0 aliphatic heterocycles. The summed E-state index contributed by atoms with van der Waals surface area (Å²) in [7, 11) is 0. The van der Waals surface area contributed by atoms with Crippen molar-refractivity contribution in [2.45, 2.75) is 20.4 Å². The molecule has 0 fully saturated rings. The smallest absolute Gasteiger partial charge is 0.109 e. The second kappa shape index (κ2) is 6.65. The Morgan fingerprint density at radius 1 is 1.09 bits per heavy atom. The first-order chi connectivity index (χ1) is 11.1. The van der Waals surface area contributed by atoms with Crippen LogP contribution in [0.3, 0.4) is 0 Å². The van der Waals surface area contributed by atoms with Crippen molar-refractivity contribution in [3.05, 3.63) is 69.8 Å². The molecule has 1 heterocycles. The fraction of sp³-hybridized carbons (Fsp3) is 0.158. The van der Waals surface area contributed by atoms with Crippen molar-refractivity contribution in [2.75, 3.05) is 0 Å². The zero-order valence-corrected chi connectivity index (χ0v) is 14.7. The lowest BCUT2D eigenvalue weighted by Gasteiger charge is -2.12. The lowest BCUT2D eigenvalue weighted by Crippen LogP contribution is -2.04. The Balaban J connectivity index is 2.24. The molecule has 0 bridgehead atoms. The van der Waals surface area contributed by atoms with Crippen molar-refractivity contribution in [1.82, 2.24) is 9.78 Å². The van der Waals surface area contributed by atoms with Gasteiger partial charge in [0.25, 0.3) is 0 Å². The van der Waals surface area contributed by atoms with Crippen LogP contribution in [0.15, 0.2) is 54.7 Å². The molecule has 2 nitrogen and oxygen atoms in total. The summed E-state index contributed by atoms with van der Waals surface area (Å²) in [5, 5.41) is 5.38. The van der Waals surface area contributed by atoms with Crippen LogP contribution >= 0.6 is 23.8 Å². The molecule has 2 aromatic carbocycles. The molecule has 23 heavy (non-hydrogen) atoms. The number of benzene rings is 2. The van der Waals surface area contributed by atoms with Gasteiger partial charge in [-0.2, -0.15) is 5.10 Å². The molecule has 0 aliphatic carbocycles. The summed E-state index contributed by atoms with van der Waals surface area (Å²) in [6.45, 7) is 4.94. The number of nitrogens with zero attached hydrogens (tertiary/aromatic N) is 2. The van der Waals surface area contributed by atoms with Gasteiger partial charge in [-0.05, 0) is 31.5 Å². The minimum Gasteiger partial charge on any atom is -0.272 e. The highest BCUT2D eigenvalue weighted by Gasteiger charge is 2.10. The molecule has 0 unspecified atom stereocenters. The number of hydrogen-bond donors (Lipinski definition) is 0. The van der Waals surface area contributed by atoms with Crippen LogP contribution in [0.5, 0.6) is 0 Å². The Labute approximate surface area is 146 Å². The van der Waals surface area contributed by atoms with Gasteiger partial charge in [0.2, 0.25) is 0 Å². The van der Waals surface area contributed by atoms with E-state index in [1.54, 1.807) is 0 Å². The molecule has 0 N–H and O–H groups in total. The highest BCUT2D eigenvalue weighted by atomic mass is 35.5. The molecule has 1 aromatic heterocycles. The van der Waals surface area contributed by atoms with Crippen LogP contribution < -0.4 is 0 Å². The van der Waals surface area contributed by atoms with E-state index in [4.69, 9.17) is 23.8 Å². The third kappa shape index (κ3) is 3.36. The first-order valence-corrected chi connectivity index (χ1v) is 8.32. The van der Waals surface area contributed by atoms with Gasteiger partial charge in [0.15, 0.2) is 0 Å². The maximum Gasteiger partial charge on any atom is 0.109 e. The van der Waals surface area contributed by atoms with Crippen molar-refractivity contribution in [3.63, 3.8) is 0 Å². The fourth-order valence-electron chi connectivity index (χ4n) is 2.51. The van der Waals surface area contributed by atoms with E-state index in [1.807, 2.05) is 35.1 Å². The summed E-state index contributed by atoms with van der Waals surface area (Å²) < 4.78 is 2.69. The van der Waals surface area contributed by atoms with E-state index in [-0.39, 0.29) is 0 Å². The second-order valence-corrected chi connectivity index (χ2v) is 6.30. The molecule has 0 radical (unpaired) electrons. The molecule has 4 heteroatoms. The molecule has 3 aromatic rings. The third-order valence-electron chi connectivity index (χ3n) is 3.74. The second-order valence-electron chi connectivity index (χ2n) is 5.45. The van der Waals surface area contributed by atoms with Gasteiger partial charge >= 0.3 is 0 Å². The molecule has 0 amide bonds. The van der Waals surface area contributed by atoms with Crippen LogP contribution in [0.2, 0.25) is 5.02 Å². The lowest BCUT2D eigenvalue weighted by molar-refractivity contribution is 0.644. The summed E-state index contributed by atoms with van der Waals surface area (Å²) in [6.07, 6.45) is 2.02. The standard InChI is InChI=1S/C19H17ClN2S/c1-3-22-12-17(15-6-4-5-13(2)11-15)19(23)18(21-22)14-7-9-16(20)10-8-14/h4-12H,3H2,1-2H3. The maximum atomic E-state index is 5.99. The topological polar surface area (TPSA) is 17.8 Å². The normalized spacial score (nSPS) is 10.7. The summed E-state index contributed by atoms with van der Waals surface area (Å²) in [4.78, 5) is 0. The predicted octanol–water partition coefficient (Wildman–Crippen LogP) is 5.93. The van der Waals surface area contributed by atoms with Gasteiger partial charge < -0.3 is 0 Å². The zero-order chi connectivity index (χ0) is 16.4. The first kappa shape index (κ1) is 15.9. The van der Waals surface area contributed by atoms with Crippen molar-refractivity contribution in [2.24, 2.45) is 0 Å². The van der Waals surface area contributed by atoms with E-state index in [1.165, 1.54) is 5.56 Å². The summed E-state index contributed by atoms with van der Waals surface area (Å²) in [5.41, 5.74) is 5.17. The quantitative estimate of drug-likeness (QED) is 0.550. The number of hydrogen-bond acceptors (Lipinski definition) is 2. The van der Waals surface area contributed by atoms with Gasteiger partial charge in [-0.15, -0.1) is 0 Å². The lowest BCUT2D eigenvalue weighted by atomic mass is 10.0. The Morgan fingerprint density at radius 3 is 2.48 bits per heavy atom. The van der Waals surface area contributed by atoms with Gasteiger partial charge in [0.1, 0.15) is 5.69 Å². The van der Waals surface area contributed by atoms with Gasteiger partial charge in [-0.3, -0.25) is 4.68 Å². The summed E-state index contributed by atoms with van der Waals surface area (Å²) in [6, 6.07) is 16.0.